The second-order valence-corrected chi connectivity index (χ2v) is 8.52. The monoisotopic (exact) mass is 368 g/mol. The van der Waals surface area contributed by atoms with Crippen LogP contribution in [0.25, 0.3) is 0 Å². The molecule has 0 N–H and O–H groups in total. The van der Waals surface area contributed by atoms with Gasteiger partial charge in [0, 0.05) is 37.7 Å². The molecule has 0 radical (unpaired) electrons. The van der Waals surface area contributed by atoms with E-state index in [1.807, 2.05) is 12.1 Å². The third kappa shape index (κ3) is 4.60. The molecule has 130 valence electrons. The molecule has 0 bridgehead atoms. The zero-order valence-corrected chi connectivity index (χ0v) is 15.0. The van der Waals surface area contributed by atoms with Crippen LogP contribution in [0.1, 0.15) is 5.76 Å². The fourth-order valence-corrected chi connectivity index (χ4v) is 4.21. The van der Waals surface area contributed by atoms with Crippen molar-refractivity contribution in [2.75, 3.05) is 38.5 Å². The highest BCUT2D eigenvalue weighted by molar-refractivity contribution is 7.91. The Labute approximate surface area is 147 Å². The Hall–Kier alpha value is -1.34. The Balaban J connectivity index is 1.47. The summed E-state index contributed by atoms with van der Waals surface area (Å²) in [5.74, 6) is 1.10. The van der Waals surface area contributed by atoms with Crippen LogP contribution in [0.2, 0.25) is 5.02 Å². The van der Waals surface area contributed by atoms with E-state index in [-0.39, 0.29) is 5.75 Å². The highest BCUT2D eigenvalue weighted by Crippen LogP contribution is 2.16. The largest absolute Gasteiger partial charge is 0.468 e. The minimum absolute atomic E-state index is 0.132. The summed E-state index contributed by atoms with van der Waals surface area (Å²) in [6.07, 6.45) is 1.69. The SMILES string of the molecule is O=S(=O)(CCN1CCN(Cc2ccco2)CC1)c1ccc(Cl)cc1. The van der Waals surface area contributed by atoms with Gasteiger partial charge in [-0.05, 0) is 36.4 Å². The topological polar surface area (TPSA) is 53.8 Å². The number of furan rings is 1. The highest BCUT2D eigenvalue weighted by atomic mass is 35.5. The van der Waals surface area contributed by atoms with Crippen molar-refractivity contribution in [1.82, 2.24) is 9.80 Å². The molecule has 7 heteroatoms. The van der Waals surface area contributed by atoms with Crippen LogP contribution in [0.5, 0.6) is 0 Å². The van der Waals surface area contributed by atoms with E-state index in [2.05, 4.69) is 9.80 Å². The van der Waals surface area contributed by atoms with Crippen molar-refractivity contribution in [3.05, 3.63) is 53.4 Å². The average Bonchev–Trinajstić information content (AvgIpc) is 3.08. The molecule has 1 aliphatic rings. The summed E-state index contributed by atoms with van der Waals surface area (Å²) in [6, 6.07) is 10.2. The molecule has 1 aromatic heterocycles. The summed E-state index contributed by atoms with van der Waals surface area (Å²) in [4.78, 5) is 4.86. The van der Waals surface area contributed by atoms with Crippen LogP contribution in [0.4, 0.5) is 0 Å². The molecular weight excluding hydrogens is 348 g/mol. The predicted molar refractivity (Wildman–Crippen MR) is 93.9 cm³/mol. The standard InChI is InChI=1S/C17H21ClN2O3S/c18-15-3-5-17(6-4-15)24(21,22)13-11-19-7-9-20(10-8-19)14-16-2-1-12-23-16/h1-6,12H,7-11,13-14H2. The first-order chi connectivity index (χ1) is 11.5. The lowest BCUT2D eigenvalue weighted by Gasteiger charge is -2.34. The second kappa shape index (κ2) is 7.70. The lowest BCUT2D eigenvalue weighted by Crippen LogP contribution is -2.47. The minimum Gasteiger partial charge on any atom is -0.468 e. The fraction of sp³-hybridized carbons (Fsp3) is 0.412. The number of nitrogens with zero attached hydrogens (tertiary/aromatic N) is 2. The van der Waals surface area contributed by atoms with E-state index in [1.165, 1.54) is 0 Å². The maximum atomic E-state index is 12.4. The number of rotatable bonds is 6. The number of piperazine rings is 1. The van der Waals surface area contributed by atoms with Gasteiger partial charge in [-0.1, -0.05) is 11.6 Å². The highest BCUT2D eigenvalue weighted by Gasteiger charge is 2.21. The first-order valence-electron chi connectivity index (χ1n) is 7.98. The molecule has 0 saturated carbocycles. The molecule has 1 aromatic carbocycles. The fourth-order valence-electron chi connectivity index (χ4n) is 2.80. The molecule has 0 aliphatic carbocycles. The molecule has 24 heavy (non-hydrogen) atoms. The van der Waals surface area contributed by atoms with Crippen LogP contribution in [0, 0.1) is 0 Å². The normalized spacial score (nSPS) is 17.2. The zero-order chi connectivity index (χ0) is 17.0. The average molecular weight is 369 g/mol. The molecule has 2 heterocycles. The van der Waals surface area contributed by atoms with Gasteiger partial charge in [0.15, 0.2) is 9.84 Å². The van der Waals surface area contributed by atoms with Crippen molar-refractivity contribution >= 4 is 21.4 Å². The first kappa shape index (κ1) is 17.5. The molecule has 0 spiro atoms. The minimum atomic E-state index is -3.26. The van der Waals surface area contributed by atoms with Gasteiger partial charge in [-0.25, -0.2) is 8.42 Å². The maximum absolute atomic E-state index is 12.4. The Morgan fingerprint density at radius 3 is 2.29 bits per heavy atom. The molecule has 0 atom stereocenters. The maximum Gasteiger partial charge on any atom is 0.179 e. The Kier molecular flexibility index (Phi) is 5.61. The van der Waals surface area contributed by atoms with E-state index < -0.39 is 9.84 Å². The number of halogens is 1. The van der Waals surface area contributed by atoms with Crippen LogP contribution >= 0.6 is 11.6 Å². The Morgan fingerprint density at radius 1 is 1.00 bits per heavy atom. The van der Waals surface area contributed by atoms with Gasteiger partial charge < -0.3 is 4.42 Å². The van der Waals surface area contributed by atoms with E-state index in [0.29, 0.717) is 16.5 Å². The molecule has 1 fully saturated rings. The van der Waals surface area contributed by atoms with E-state index in [0.717, 1.165) is 38.5 Å². The summed E-state index contributed by atoms with van der Waals surface area (Å²) in [5, 5.41) is 0.543. The van der Waals surface area contributed by atoms with Crippen molar-refractivity contribution in [2.24, 2.45) is 0 Å². The third-order valence-electron chi connectivity index (χ3n) is 4.27. The first-order valence-corrected chi connectivity index (χ1v) is 10.0. The van der Waals surface area contributed by atoms with E-state index in [4.69, 9.17) is 16.0 Å². The predicted octanol–water partition coefficient (Wildman–Crippen LogP) is 2.52. The lowest BCUT2D eigenvalue weighted by atomic mass is 10.3. The number of hydrogen-bond acceptors (Lipinski definition) is 5. The molecule has 0 amide bonds. The van der Waals surface area contributed by atoms with Crippen LogP contribution < -0.4 is 0 Å². The second-order valence-electron chi connectivity index (χ2n) is 5.97. The lowest BCUT2D eigenvalue weighted by molar-refractivity contribution is 0.126. The van der Waals surface area contributed by atoms with Gasteiger partial charge in [0.2, 0.25) is 0 Å². The van der Waals surface area contributed by atoms with Gasteiger partial charge in [-0.2, -0.15) is 0 Å². The van der Waals surface area contributed by atoms with Crippen LogP contribution in [0.3, 0.4) is 0 Å². The van der Waals surface area contributed by atoms with Gasteiger partial charge >= 0.3 is 0 Å². The summed E-state index contributed by atoms with van der Waals surface area (Å²) in [7, 11) is -3.26. The van der Waals surface area contributed by atoms with Gasteiger partial charge in [-0.3, -0.25) is 9.80 Å². The molecule has 3 rings (SSSR count). The van der Waals surface area contributed by atoms with Crippen molar-refractivity contribution in [3.8, 4) is 0 Å². The van der Waals surface area contributed by atoms with Crippen molar-refractivity contribution < 1.29 is 12.8 Å². The Bertz CT molecular complexity index is 737. The summed E-state index contributed by atoms with van der Waals surface area (Å²) >= 11 is 5.81. The third-order valence-corrected chi connectivity index (χ3v) is 6.24. The summed E-state index contributed by atoms with van der Waals surface area (Å²) in [6.45, 7) is 4.94. The quantitative estimate of drug-likeness (QED) is 0.784. The summed E-state index contributed by atoms with van der Waals surface area (Å²) < 4.78 is 30.1. The molecule has 1 saturated heterocycles. The van der Waals surface area contributed by atoms with Gasteiger partial charge in [0.25, 0.3) is 0 Å². The van der Waals surface area contributed by atoms with Gasteiger partial charge in [0.1, 0.15) is 5.76 Å². The summed E-state index contributed by atoms with van der Waals surface area (Å²) in [5.41, 5.74) is 0. The Morgan fingerprint density at radius 2 is 1.67 bits per heavy atom. The van der Waals surface area contributed by atoms with Crippen molar-refractivity contribution in [1.29, 1.82) is 0 Å². The van der Waals surface area contributed by atoms with Crippen molar-refractivity contribution in [3.63, 3.8) is 0 Å². The molecule has 0 unspecified atom stereocenters. The van der Waals surface area contributed by atoms with Crippen LogP contribution in [-0.4, -0.2) is 56.7 Å². The number of sulfone groups is 1. The van der Waals surface area contributed by atoms with Crippen molar-refractivity contribution in [2.45, 2.75) is 11.4 Å². The van der Waals surface area contributed by atoms with E-state index in [1.54, 1.807) is 30.5 Å². The van der Waals surface area contributed by atoms with E-state index >= 15 is 0 Å². The van der Waals surface area contributed by atoms with Crippen LogP contribution in [-0.2, 0) is 16.4 Å². The molecule has 5 nitrogen and oxygen atoms in total. The molecular formula is C17H21ClN2O3S. The zero-order valence-electron chi connectivity index (χ0n) is 13.4. The number of benzene rings is 1. The molecule has 2 aromatic rings. The van der Waals surface area contributed by atoms with E-state index in [9.17, 15) is 8.42 Å². The van der Waals surface area contributed by atoms with Crippen LogP contribution in [0.15, 0.2) is 52.0 Å². The molecule has 1 aliphatic heterocycles. The van der Waals surface area contributed by atoms with Gasteiger partial charge in [0.05, 0.1) is 23.5 Å². The smallest absolute Gasteiger partial charge is 0.179 e. The number of hydrogen-bond donors (Lipinski definition) is 0. The van der Waals surface area contributed by atoms with Gasteiger partial charge in [-0.15, -0.1) is 0 Å².